The Morgan fingerprint density at radius 2 is 1.74 bits per heavy atom. The molecule has 1 aliphatic heterocycles. The largest absolute Gasteiger partial charge is 0.357 e. The number of fused-ring (bicyclic) bond motifs is 1. The lowest BCUT2D eigenvalue weighted by atomic mass is 10.1. The topological polar surface area (TPSA) is 46.4 Å². The van der Waals surface area contributed by atoms with E-state index < -0.39 is 0 Å². The van der Waals surface area contributed by atoms with Gasteiger partial charge in [0.25, 0.3) is 5.69 Å². The fraction of sp³-hybridized carbons (Fsp3) is 0.143. The molecule has 0 amide bonds. The van der Waals surface area contributed by atoms with Gasteiger partial charge < -0.3 is 4.90 Å². The first kappa shape index (κ1) is 12.2. The van der Waals surface area contributed by atoms with Gasteiger partial charge in [-0.05, 0) is 23.3 Å². The van der Waals surface area contributed by atoms with Crippen molar-refractivity contribution in [1.29, 1.82) is 0 Å². The SMILES string of the molecule is O=[N+]([O-])c1cc(Br)ccc1N1Cc2ccccc2C1. The van der Waals surface area contributed by atoms with Gasteiger partial charge >= 0.3 is 0 Å². The minimum Gasteiger partial charge on any atom is -0.357 e. The van der Waals surface area contributed by atoms with Gasteiger partial charge in [0.05, 0.1) is 4.92 Å². The molecule has 19 heavy (non-hydrogen) atoms. The summed E-state index contributed by atoms with van der Waals surface area (Å²) in [4.78, 5) is 12.9. The summed E-state index contributed by atoms with van der Waals surface area (Å²) in [7, 11) is 0. The first-order valence-corrected chi connectivity index (χ1v) is 6.70. The highest BCUT2D eigenvalue weighted by atomic mass is 79.9. The molecule has 3 rings (SSSR count). The molecule has 0 radical (unpaired) electrons. The van der Waals surface area contributed by atoms with Crippen LogP contribution in [-0.4, -0.2) is 4.92 Å². The van der Waals surface area contributed by atoms with Gasteiger partial charge in [-0.3, -0.25) is 10.1 Å². The van der Waals surface area contributed by atoms with Crippen molar-refractivity contribution in [1.82, 2.24) is 0 Å². The molecule has 0 bridgehead atoms. The van der Waals surface area contributed by atoms with E-state index in [0.717, 1.165) is 17.6 Å². The monoisotopic (exact) mass is 318 g/mol. The highest BCUT2D eigenvalue weighted by Gasteiger charge is 2.25. The van der Waals surface area contributed by atoms with E-state index in [2.05, 4.69) is 28.1 Å². The van der Waals surface area contributed by atoms with Crippen LogP contribution in [0.15, 0.2) is 46.9 Å². The zero-order valence-electron chi connectivity index (χ0n) is 10.0. The van der Waals surface area contributed by atoms with Crippen LogP contribution in [0.4, 0.5) is 11.4 Å². The van der Waals surface area contributed by atoms with Gasteiger partial charge in [-0.2, -0.15) is 0 Å². The van der Waals surface area contributed by atoms with Crippen molar-refractivity contribution < 1.29 is 4.92 Å². The smallest absolute Gasteiger partial charge is 0.293 e. The van der Waals surface area contributed by atoms with E-state index in [1.807, 2.05) is 23.1 Å². The zero-order chi connectivity index (χ0) is 13.4. The van der Waals surface area contributed by atoms with Crippen LogP contribution >= 0.6 is 15.9 Å². The average molecular weight is 319 g/mol. The maximum Gasteiger partial charge on any atom is 0.293 e. The van der Waals surface area contributed by atoms with Crippen LogP contribution in [-0.2, 0) is 13.1 Å². The van der Waals surface area contributed by atoms with E-state index in [9.17, 15) is 10.1 Å². The summed E-state index contributed by atoms with van der Waals surface area (Å²) in [5.74, 6) is 0. The first-order valence-electron chi connectivity index (χ1n) is 5.91. The van der Waals surface area contributed by atoms with E-state index in [-0.39, 0.29) is 10.6 Å². The third kappa shape index (κ3) is 2.21. The second-order valence-electron chi connectivity index (χ2n) is 4.51. The Balaban J connectivity index is 1.99. The number of anilines is 1. The molecule has 2 aromatic carbocycles. The Morgan fingerprint density at radius 1 is 1.11 bits per heavy atom. The van der Waals surface area contributed by atoms with Crippen LogP contribution in [0, 0.1) is 10.1 Å². The molecule has 0 spiro atoms. The number of nitrogens with zero attached hydrogens (tertiary/aromatic N) is 2. The molecule has 96 valence electrons. The van der Waals surface area contributed by atoms with Crippen molar-refractivity contribution in [3.8, 4) is 0 Å². The number of hydrogen-bond acceptors (Lipinski definition) is 3. The maximum absolute atomic E-state index is 11.2. The number of hydrogen-bond donors (Lipinski definition) is 0. The van der Waals surface area contributed by atoms with Crippen molar-refractivity contribution in [3.63, 3.8) is 0 Å². The van der Waals surface area contributed by atoms with Crippen LogP contribution in [0.25, 0.3) is 0 Å². The lowest BCUT2D eigenvalue weighted by Crippen LogP contribution is -2.15. The van der Waals surface area contributed by atoms with E-state index in [1.54, 1.807) is 12.1 Å². The molecule has 0 unspecified atom stereocenters. The molecule has 0 saturated heterocycles. The van der Waals surface area contributed by atoms with E-state index in [1.165, 1.54) is 11.1 Å². The molecule has 5 heteroatoms. The normalized spacial score (nSPS) is 13.4. The van der Waals surface area contributed by atoms with Crippen molar-refractivity contribution in [2.75, 3.05) is 4.90 Å². The molecule has 2 aromatic rings. The zero-order valence-corrected chi connectivity index (χ0v) is 11.6. The Bertz CT molecular complexity index is 633. The molecule has 1 aliphatic rings. The fourth-order valence-corrected chi connectivity index (χ4v) is 2.76. The summed E-state index contributed by atoms with van der Waals surface area (Å²) in [5.41, 5.74) is 3.28. The summed E-state index contributed by atoms with van der Waals surface area (Å²) in [6.07, 6.45) is 0. The van der Waals surface area contributed by atoms with Crippen LogP contribution in [0.1, 0.15) is 11.1 Å². The first-order chi connectivity index (χ1) is 9.15. The summed E-state index contributed by atoms with van der Waals surface area (Å²) in [6, 6.07) is 13.3. The lowest BCUT2D eigenvalue weighted by Gasteiger charge is -2.17. The maximum atomic E-state index is 11.2. The van der Waals surface area contributed by atoms with Gasteiger partial charge in [-0.1, -0.05) is 40.2 Å². The molecule has 0 aromatic heterocycles. The molecule has 0 N–H and O–H groups in total. The predicted molar refractivity (Wildman–Crippen MR) is 77.1 cm³/mol. The van der Waals surface area contributed by atoms with Crippen molar-refractivity contribution in [2.24, 2.45) is 0 Å². The van der Waals surface area contributed by atoms with Crippen LogP contribution in [0.5, 0.6) is 0 Å². The number of nitro groups is 1. The van der Waals surface area contributed by atoms with Crippen molar-refractivity contribution in [3.05, 3.63) is 68.2 Å². The third-order valence-electron chi connectivity index (χ3n) is 3.32. The van der Waals surface area contributed by atoms with E-state index in [4.69, 9.17) is 0 Å². The number of rotatable bonds is 2. The van der Waals surface area contributed by atoms with Crippen LogP contribution in [0.3, 0.4) is 0 Å². The highest BCUT2D eigenvalue weighted by molar-refractivity contribution is 9.10. The van der Waals surface area contributed by atoms with E-state index in [0.29, 0.717) is 5.69 Å². The summed E-state index contributed by atoms with van der Waals surface area (Å²) in [6.45, 7) is 1.44. The molecule has 0 atom stereocenters. The van der Waals surface area contributed by atoms with Crippen molar-refractivity contribution in [2.45, 2.75) is 13.1 Å². The summed E-state index contributed by atoms with van der Waals surface area (Å²) >= 11 is 3.28. The summed E-state index contributed by atoms with van der Waals surface area (Å²) in [5, 5.41) is 11.2. The lowest BCUT2D eigenvalue weighted by molar-refractivity contribution is -0.384. The van der Waals surface area contributed by atoms with E-state index >= 15 is 0 Å². The minimum atomic E-state index is -0.330. The third-order valence-corrected chi connectivity index (χ3v) is 3.81. The van der Waals surface area contributed by atoms with Gasteiger partial charge in [0, 0.05) is 23.6 Å². The standard InChI is InChI=1S/C14H11BrN2O2/c15-12-5-6-13(14(7-12)17(18)19)16-8-10-3-1-2-4-11(10)9-16/h1-7H,8-9H2. The van der Waals surface area contributed by atoms with Crippen molar-refractivity contribution >= 4 is 27.3 Å². The molecule has 4 nitrogen and oxygen atoms in total. The Hall–Kier alpha value is -1.88. The Kier molecular flexibility index (Phi) is 2.98. The Labute approximate surface area is 118 Å². The van der Waals surface area contributed by atoms with Crippen LogP contribution in [0.2, 0.25) is 0 Å². The number of benzene rings is 2. The van der Waals surface area contributed by atoms with Gasteiger partial charge in [0.15, 0.2) is 0 Å². The highest BCUT2D eigenvalue weighted by Crippen LogP contribution is 2.36. The average Bonchev–Trinajstić information content (AvgIpc) is 2.82. The Morgan fingerprint density at radius 3 is 2.32 bits per heavy atom. The molecular weight excluding hydrogens is 308 g/mol. The molecule has 1 heterocycles. The molecule has 0 saturated carbocycles. The fourth-order valence-electron chi connectivity index (χ4n) is 2.41. The number of nitro benzene ring substituents is 1. The van der Waals surface area contributed by atoms with Gasteiger partial charge in [-0.15, -0.1) is 0 Å². The second-order valence-corrected chi connectivity index (χ2v) is 5.43. The van der Waals surface area contributed by atoms with Gasteiger partial charge in [-0.25, -0.2) is 0 Å². The molecule has 0 aliphatic carbocycles. The second kappa shape index (κ2) is 4.66. The quantitative estimate of drug-likeness (QED) is 0.623. The summed E-state index contributed by atoms with van der Waals surface area (Å²) < 4.78 is 0.722. The van der Waals surface area contributed by atoms with Gasteiger partial charge in [0.1, 0.15) is 5.69 Å². The van der Waals surface area contributed by atoms with Crippen LogP contribution < -0.4 is 4.90 Å². The predicted octanol–water partition coefficient (Wildman–Crippen LogP) is 3.88. The molecular formula is C14H11BrN2O2. The minimum absolute atomic E-state index is 0.141. The molecule has 0 fully saturated rings. The van der Waals surface area contributed by atoms with Gasteiger partial charge in [0.2, 0.25) is 0 Å². The number of halogens is 1.